The fourth-order valence-electron chi connectivity index (χ4n) is 4.51. The van der Waals surface area contributed by atoms with Crippen LogP contribution in [0.25, 0.3) is 0 Å². The maximum Gasteiger partial charge on any atom is 0.255 e. The molecule has 3 aromatic rings. The lowest BCUT2D eigenvalue weighted by atomic mass is 9.94. The second-order valence-electron chi connectivity index (χ2n) is 9.33. The van der Waals surface area contributed by atoms with E-state index in [2.05, 4.69) is 29.5 Å². The number of hydrogen-bond donors (Lipinski definition) is 2. The highest BCUT2D eigenvalue weighted by atomic mass is 32.2. The van der Waals surface area contributed by atoms with Gasteiger partial charge in [-0.05, 0) is 67.8 Å². The van der Waals surface area contributed by atoms with E-state index in [9.17, 15) is 4.79 Å². The van der Waals surface area contributed by atoms with Crippen molar-refractivity contribution in [3.05, 3.63) is 64.4 Å². The minimum atomic E-state index is -0.502. The first kappa shape index (κ1) is 27.6. The van der Waals surface area contributed by atoms with E-state index in [0.29, 0.717) is 34.8 Å². The molecule has 1 atom stereocenters. The molecule has 1 aliphatic rings. The van der Waals surface area contributed by atoms with Gasteiger partial charge in [0.2, 0.25) is 11.1 Å². The molecular formula is C29H37N5O3S. The zero-order chi connectivity index (χ0) is 27.2. The van der Waals surface area contributed by atoms with Crippen molar-refractivity contribution in [1.82, 2.24) is 14.8 Å². The molecule has 4 rings (SSSR count). The SMILES string of the molecule is CCCCCOc1ccc(C2C(C(=O)Nc3cccc(C)c3C)=C(C)Nc3nc(SCC)nn32)cc1OC. The van der Waals surface area contributed by atoms with Crippen LogP contribution >= 0.6 is 11.8 Å². The molecule has 0 saturated heterocycles. The predicted octanol–water partition coefficient (Wildman–Crippen LogP) is 6.51. The Morgan fingerprint density at radius 3 is 2.68 bits per heavy atom. The predicted molar refractivity (Wildman–Crippen MR) is 153 cm³/mol. The van der Waals surface area contributed by atoms with E-state index in [4.69, 9.17) is 14.6 Å². The van der Waals surface area contributed by atoms with Crippen LogP contribution in [0.4, 0.5) is 11.6 Å². The molecule has 2 heterocycles. The normalized spacial score (nSPS) is 14.6. The number of rotatable bonds is 11. The second kappa shape index (κ2) is 12.4. The number of carbonyl (C=O) groups is 1. The Balaban J connectivity index is 1.74. The van der Waals surface area contributed by atoms with Crippen molar-refractivity contribution in [3.63, 3.8) is 0 Å². The summed E-state index contributed by atoms with van der Waals surface area (Å²) in [6.07, 6.45) is 3.23. The molecule has 0 aliphatic carbocycles. The average molecular weight is 536 g/mol. The van der Waals surface area contributed by atoms with Gasteiger partial charge in [0.1, 0.15) is 6.04 Å². The smallest absolute Gasteiger partial charge is 0.255 e. The molecule has 202 valence electrons. The first-order valence-electron chi connectivity index (χ1n) is 13.1. The van der Waals surface area contributed by atoms with Gasteiger partial charge in [-0.2, -0.15) is 4.98 Å². The third kappa shape index (κ3) is 5.83. The van der Waals surface area contributed by atoms with Crippen molar-refractivity contribution in [3.8, 4) is 11.5 Å². The molecule has 0 radical (unpaired) electrons. The van der Waals surface area contributed by atoms with Gasteiger partial charge >= 0.3 is 0 Å². The number of nitrogens with zero attached hydrogens (tertiary/aromatic N) is 3. The number of methoxy groups -OCH3 is 1. The monoisotopic (exact) mass is 535 g/mol. The van der Waals surface area contributed by atoms with Crippen molar-refractivity contribution in [2.24, 2.45) is 0 Å². The molecule has 38 heavy (non-hydrogen) atoms. The zero-order valence-corrected chi connectivity index (χ0v) is 23.9. The van der Waals surface area contributed by atoms with Gasteiger partial charge in [-0.3, -0.25) is 4.79 Å². The van der Waals surface area contributed by atoms with E-state index in [1.165, 1.54) is 0 Å². The summed E-state index contributed by atoms with van der Waals surface area (Å²) in [5, 5.41) is 11.9. The van der Waals surface area contributed by atoms with Crippen LogP contribution in [0.5, 0.6) is 11.5 Å². The number of nitrogens with one attached hydrogen (secondary N) is 2. The fraction of sp³-hybridized carbons (Fsp3) is 0.414. The largest absolute Gasteiger partial charge is 0.493 e. The molecule has 2 aromatic carbocycles. The molecule has 0 saturated carbocycles. The molecule has 1 aliphatic heterocycles. The van der Waals surface area contributed by atoms with Gasteiger partial charge in [0.05, 0.1) is 19.3 Å². The highest BCUT2D eigenvalue weighted by Crippen LogP contribution is 2.40. The Bertz CT molecular complexity index is 1330. The lowest BCUT2D eigenvalue weighted by Gasteiger charge is -2.29. The first-order chi connectivity index (χ1) is 18.4. The van der Waals surface area contributed by atoms with Crippen LogP contribution in [-0.2, 0) is 4.79 Å². The summed E-state index contributed by atoms with van der Waals surface area (Å²) in [5.41, 5.74) is 5.09. The van der Waals surface area contributed by atoms with E-state index < -0.39 is 6.04 Å². The number of unbranched alkanes of at least 4 members (excludes halogenated alkanes) is 2. The highest BCUT2D eigenvalue weighted by Gasteiger charge is 2.35. The van der Waals surface area contributed by atoms with E-state index >= 15 is 0 Å². The molecule has 1 amide bonds. The van der Waals surface area contributed by atoms with E-state index in [0.717, 1.165) is 53.1 Å². The van der Waals surface area contributed by atoms with Crippen LogP contribution in [0.2, 0.25) is 0 Å². The van der Waals surface area contributed by atoms with Gasteiger partial charge in [0.15, 0.2) is 11.5 Å². The Morgan fingerprint density at radius 1 is 1.13 bits per heavy atom. The van der Waals surface area contributed by atoms with Crippen molar-refractivity contribution in [2.45, 2.75) is 65.1 Å². The van der Waals surface area contributed by atoms with Crippen LogP contribution in [-0.4, -0.2) is 40.1 Å². The fourth-order valence-corrected chi connectivity index (χ4v) is 5.06. The maximum absolute atomic E-state index is 13.9. The number of fused-ring (bicyclic) bond motifs is 1. The van der Waals surface area contributed by atoms with Crippen LogP contribution in [0.15, 0.2) is 52.8 Å². The number of amides is 1. The van der Waals surface area contributed by atoms with Crippen LogP contribution in [0, 0.1) is 13.8 Å². The number of ether oxygens (including phenoxy) is 2. The van der Waals surface area contributed by atoms with Gasteiger partial charge in [0.25, 0.3) is 5.91 Å². The number of carbonyl (C=O) groups excluding carboxylic acids is 1. The Kier molecular flexibility index (Phi) is 8.99. The van der Waals surface area contributed by atoms with Gasteiger partial charge in [0, 0.05) is 11.4 Å². The Hall–Kier alpha value is -3.46. The van der Waals surface area contributed by atoms with Crippen molar-refractivity contribution >= 4 is 29.3 Å². The van der Waals surface area contributed by atoms with E-state index in [-0.39, 0.29) is 5.91 Å². The molecule has 9 heteroatoms. The van der Waals surface area contributed by atoms with E-state index in [1.54, 1.807) is 23.6 Å². The summed E-state index contributed by atoms with van der Waals surface area (Å²) in [4.78, 5) is 18.5. The number of thioether (sulfide) groups is 1. The Labute approximate surface area is 229 Å². The third-order valence-electron chi connectivity index (χ3n) is 6.71. The molecule has 0 spiro atoms. The number of aryl methyl sites for hydroxylation is 1. The van der Waals surface area contributed by atoms with Crippen LogP contribution in [0.3, 0.4) is 0 Å². The molecule has 1 aromatic heterocycles. The van der Waals surface area contributed by atoms with E-state index in [1.807, 2.05) is 57.2 Å². The summed E-state index contributed by atoms with van der Waals surface area (Å²) < 4.78 is 13.5. The van der Waals surface area contributed by atoms with Gasteiger partial charge in [-0.15, -0.1) is 5.10 Å². The topological polar surface area (TPSA) is 90.3 Å². The zero-order valence-electron chi connectivity index (χ0n) is 23.1. The maximum atomic E-state index is 13.9. The molecular weight excluding hydrogens is 498 g/mol. The summed E-state index contributed by atoms with van der Waals surface area (Å²) in [6.45, 7) is 10.8. The van der Waals surface area contributed by atoms with Crippen LogP contribution < -0.4 is 20.1 Å². The van der Waals surface area contributed by atoms with Gasteiger partial charge in [-0.25, -0.2) is 4.68 Å². The average Bonchev–Trinajstić information content (AvgIpc) is 3.30. The van der Waals surface area contributed by atoms with Crippen LogP contribution in [0.1, 0.15) is 62.8 Å². The second-order valence-corrected chi connectivity index (χ2v) is 10.6. The summed E-state index contributed by atoms with van der Waals surface area (Å²) in [6, 6.07) is 11.2. The number of anilines is 2. The summed E-state index contributed by atoms with van der Waals surface area (Å²) >= 11 is 1.56. The van der Waals surface area contributed by atoms with Gasteiger partial charge < -0.3 is 20.1 Å². The molecule has 0 bridgehead atoms. The first-order valence-corrected chi connectivity index (χ1v) is 14.1. The lowest BCUT2D eigenvalue weighted by Crippen LogP contribution is -2.31. The minimum Gasteiger partial charge on any atom is -0.493 e. The van der Waals surface area contributed by atoms with Gasteiger partial charge in [-0.1, -0.05) is 56.7 Å². The Morgan fingerprint density at radius 2 is 1.95 bits per heavy atom. The summed E-state index contributed by atoms with van der Waals surface area (Å²) in [5.74, 6) is 2.56. The molecule has 8 nitrogen and oxygen atoms in total. The van der Waals surface area contributed by atoms with Crippen molar-refractivity contribution in [1.29, 1.82) is 0 Å². The standard InChI is InChI=1S/C29H37N5O3S/c1-7-9-10-16-37-23-15-14-21(17-24(23)36-6)26-25(27(35)31-22-13-11-12-18(3)19(22)4)20(5)30-28-32-29(38-8-2)33-34(26)28/h11-15,17,26H,7-10,16H2,1-6H3,(H,31,35)(H,30,32,33). The number of hydrogen-bond acceptors (Lipinski definition) is 7. The van der Waals surface area contributed by atoms with Crippen molar-refractivity contribution < 1.29 is 14.3 Å². The highest BCUT2D eigenvalue weighted by molar-refractivity contribution is 7.99. The van der Waals surface area contributed by atoms with Crippen molar-refractivity contribution in [2.75, 3.05) is 30.1 Å². The number of aromatic nitrogens is 3. The molecule has 0 fully saturated rings. The number of allylic oxidation sites excluding steroid dienone is 1. The minimum absolute atomic E-state index is 0.196. The molecule has 1 unspecified atom stereocenters. The third-order valence-corrected chi connectivity index (χ3v) is 7.43. The number of benzene rings is 2. The quantitative estimate of drug-likeness (QED) is 0.214. The summed E-state index contributed by atoms with van der Waals surface area (Å²) in [7, 11) is 1.63. The lowest BCUT2D eigenvalue weighted by molar-refractivity contribution is -0.113. The molecule has 2 N–H and O–H groups in total.